The number of amides is 1. The molecule has 1 aromatic rings. The highest BCUT2D eigenvalue weighted by Crippen LogP contribution is 2.20. The molecule has 1 N–H and O–H groups in total. The Labute approximate surface area is 106 Å². The molecule has 0 radical (unpaired) electrons. The van der Waals surface area contributed by atoms with Gasteiger partial charge in [-0.25, -0.2) is 0 Å². The molecule has 16 heavy (non-hydrogen) atoms. The predicted octanol–water partition coefficient (Wildman–Crippen LogP) is 3.13. The molecule has 0 fully saturated rings. The zero-order chi connectivity index (χ0) is 12.2. The highest BCUT2D eigenvalue weighted by molar-refractivity contribution is 9.09. The van der Waals surface area contributed by atoms with Gasteiger partial charge in [0.05, 0.1) is 5.54 Å². The summed E-state index contributed by atoms with van der Waals surface area (Å²) >= 11 is 3.26. The van der Waals surface area contributed by atoms with E-state index in [4.69, 9.17) is 0 Å². The molecule has 0 unspecified atom stereocenters. The molecule has 3 heteroatoms. The highest BCUT2D eigenvalue weighted by Gasteiger charge is 2.21. The van der Waals surface area contributed by atoms with Crippen LogP contribution in [0.4, 0.5) is 0 Å². The maximum absolute atomic E-state index is 11.6. The Hall–Kier alpha value is -0.830. The Kier molecular flexibility index (Phi) is 4.54. The summed E-state index contributed by atoms with van der Waals surface area (Å²) in [6.07, 6.45) is 0.509. The van der Waals surface area contributed by atoms with Crippen molar-refractivity contribution < 1.29 is 4.79 Å². The van der Waals surface area contributed by atoms with E-state index < -0.39 is 0 Å². The van der Waals surface area contributed by atoms with Gasteiger partial charge in [0.2, 0.25) is 5.91 Å². The first-order chi connectivity index (χ1) is 7.45. The summed E-state index contributed by atoms with van der Waals surface area (Å²) in [6, 6.07) is 8.24. The van der Waals surface area contributed by atoms with Gasteiger partial charge in [-0.05, 0) is 26.3 Å². The van der Waals surface area contributed by atoms with Crippen LogP contribution < -0.4 is 5.32 Å². The third-order valence-electron chi connectivity index (χ3n) is 2.55. The standard InChI is InChI=1S/C13H18BrNO/c1-10-4-6-11(7-5-10)13(2,3)15-12(16)8-9-14/h4-7H,8-9H2,1-3H3,(H,15,16). The molecule has 88 valence electrons. The van der Waals surface area contributed by atoms with Crippen molar-refractivity contribution in [3.05, 3.63) is 35.4 Å². The number of carbonyl (C=O) groups is 1. The summed E-state index contributed by atoms with van der Waals surface area (Å²) in [7, 11) is 0. The molecule has 0 saturated carbocycles. The lowest BCUT2D eigenvalue weighted by molar-refractivity contribution is -0.122. The van der Waals surface area contributed by atoms with Gasteiger partial charge in [0.15, 0.2) is 0 Å². The van der Waals surface area contributed by atoms with E-state index in [2.05, 4.69) is 52.4 Å². The second-order valence-electron chi connectivity index (χ2n) is 4.48. The second kappa shape index (κ2) is 5.48. The summed E-state index contributed by atoms with van der Waals surface area (Å²) in [4.78, 5) is 11.6. The van der Waals surface area contributed by atoms with Gasteiger partial charge in [-0.3, -0.25) is 4.79 Å². The van der Waals surface area contributed by atoms with Crippen LogP contribution in [0.5, 0.6) is 0 Å². The normalized spacial score (nSPS) is 11.2. The number of aryl methyl sites for hydroxylation is 1. The van der Waals surface area contributed by atoms with Crippen LogP contribution in [-0.4, -0.2) is 11.2 Å². The molecule has 0 aliphatic rings. The molecule has 1 amide bonds. The van der Waals surface area contributed by atoms with Crippen molar-refractivity contribution in [1.29, 1.82) is 0 Å². The van der Waals surface area contributed by atoms with E-state index >= 15 is 0 Å². The zero-order valence-corrected chi connectivity index (χ0v) is 11.6. The van der Waals surface area contributed by atoms with Gasteiger partial charge in [-0.15, -0.1) is 0 Å². The molecule has 0 spiro atoms. The number of hydrogen-bond donors (Lipinski definition) is 1. The van der Waals surface area contributed by atoms with E-state index in [1.165, 1.54) is 5.56 Å². The van der Waals surface area contributed by atoms with E-state index in [0.29, 0.717) is 11.8 Å². The molecule has 0 aliphatic heterocycles. The second-order valence-corrected chi connectivity index (χ2v) is 5.27. The van der Waals surface area contributed by atoms with E-state index in [-0.39, 0.29) is 11.4 Å². The molecule has 0 atom stereocenters. The average molecular weight is 284 g/mol. The molecule has 1 rings (SSSR count). The van der Waals surface area contributed by atoms with E-state index in [1.54, 1.807) is 0 Å². The van der Waals surface area contributed by atoms with E-state index in [9.17, 15) is 4.79 Å². The third-order valence-corrected chi connectivity index (χ3v) is 2.94. The Morgan fingerprint density at radius 1 is 1.31 bits per heavy atom. The topological polar surface area (TPSA) is 29.1 Å². The quantitative estimate of drug-likeness (QED) is 0.846. The predicted molar refractivity (Wildman–Crippen MR) is 70.8 cm³/mol. The molecular formula is C13H18BrNO. The number of hydrogen-bond acceptors (Lipinski definition) is 1. The number of rotatable bonds is 4. The molecule has 0 heterocycles. The van der Waals surface area contributed by atoms with Gasteiger partial charge in [-0.1, -0.05) is 45.8 Å². The number of nitrogens with one attached hydrogen (secondary N) is 1. The fourth-order valence-electron chi connectivity index (χ4n) is 1.54. The first kappa shape index (κ1) is 13.2. The van der Waals surface area contributed by atoms with Gasteiger partial charge in [0.25, 0.3) is 0 Å². The Morgan fingerprint density at radius 3 is 2.38 bits per heavy atom. The van der Waals surface area contributed by atoms with Crippen LogP contribution in [0, 0.1) is 6.92 Å². The van der Waals surface area contributed by atoms with Crippen molar-refractivity contribution >= 4 is 21.8 Å². The number of benzene rings is 1. The number of halogens is 1. The summed E-state index contributed by atoms with van der Waals surface area (Å²) in [6.45, 7) is 6.09. The highest BCUT2D eigenvalue weighted by atomic mass is 79.9. The van der Waals surface area contributed by atoms with Crippen molar-refractivity contribution in [3.8, 4) is 0 Å². The minimum Gasteiger partial charge on any atom is -0.347 e. The van der Waals surface area contributed by atoms with E-state index in [0.717, 1.165) is 5.56 Å². The summed E-state index contributed by atoms with van der Waals surface area (Å²) in [5, 5.41) is 3.72. The molecule has 0 saturated heterocycles. The van der Waals surface area contributed by atoms with Crippen molar-refractivity contribution in [1.82, 2.24) is 5.32 Å². The molecule has 2 nitrogen and oxygen atoms in total. The largest absolute Gasteiger partial charge is 0.347 e. The summed E-state index contributed by atoms with van der Waals surface area (Å²) < 4.78 is 0. The van der Waals surface area contributed by atoms with Gasteiger partial charge in [0, 0.05) is 11.8 Å². The lowest BCUT2D eigenvalue weighted by Crippen LogP contribution is -2.41. The molecule has 1 aromatic carbocycles. The fourth-order valence-corrected chi connectivity index (χ4v) is 1.90. The van der Waals surface area contributed by atoms with Gasteiger partial charge >= 0.3 is 0 Å². The van der Waals surface area contributed by atoms with Crippen LogP contribution in [0.1, 0.15) is 31.4 Å². The van der Waals surface area contributed by atoms with Crippen LogP contribution in [0.25, 0.3) is 0 Å². The van der Waals surface area contributed by atoms with Crippen LogP contribution in [0.2, 0.25) is 0 Å². The average Bonchev–Trinajstić information content (AvgIpc) is 2.17. The minimum atomic E-state index is -0.313. The first-order valence-corrected chi connectivity index (χ1v) is 6.52. The van der Waals surface area contributed by atoms with Crippen LogP contribution in [-0.2, 0) is 10.3 Å². The molecule has 0 bridgehead atoms. The van der Waals surface area contributed by atoms with Crippen molar-refractivity contribution in [2.75, 3.05) is 5.33 Å². The fraction of sp³-hybridized carbons (Fsp3) is 0.462. The van der Waals surface area contributed by atoms with Crippen molar-refractivity contribution in [2.45, 2.75) is 32.7 Å². The molecular weight excluding hydrogens is 266 g/mol. The Morgan fingerprint density at radius 2 is 1.88 bits per heavy atom. The summed E-state index contributed by atoms with van der Waals surface area (Å²) in [5.41, 5.74) is 2.04. The Balaban J connectivity index is 2.76. The van der Waals surface area contributed by atoms with Crippen molar-refractivity contribution in [3.63, 3.8) is 0 Å². The van der Waals surface area contributed by atoms with Crippen LogP contribution in [0.15, 0.2) is 24.3 Å². The van der Waals surface area contributed by atoms with E-state index in [1.807, 2.05) is 13.8 Å². The van der Waals surface area contributed by atoms with Gasteiger partial charge in [-0.2, -0.15) is 0 Å². The third kappa shape index (κ3) is 3.63. The monoisotopic (exact) mass is 283 g/mol. The lowest BCUT2D eigenvalue weighted by Gasteiger charge is -2.27. The minimum absolute atomic E-state index is 0.0717. The SMILES string of the molecule is Cc1ccc(C(C)(C)NC(=O)CCBr)cc1. The number of carbonyl (C=O) groups excluding carboxylic acids is 1. The van der Waals surface area contributed by atoms with Gasteiger partial charge < -0.3 is 5.32 Å². The van der Waals surface area contributed by atoms with Crippen LogP contribution >= 0.6 is 15.9 Å². The Bertz CT molecular complexity index is 357. The smallest absolute Gasteiger partial charge is 0.221 e. The maximum atomic E-state index is 11.6. The van der Waals surface area contributed by atoms with Gasteiger partial charge in [0.1, 0.15) is 0 Å². The lowest BCUT2D eigenvalue weighted by atomic mass is 9.93. The zero-order valence-electron chi connectivity index (χ0n) is 10.0. The summed E-state index contributed by atoms with van der Waals surface area (Å²) in [5.74, 6) is 0.0717. The maximum Gasteiger partial charge on any atom is 0.221 e. The van der Waals surface area contributed by atoms with Crippen LogP contribution in [0.3, 0.4) is 0 Å². The first-order valence-electron chi connectivity index (χ1n) is 5.40. The molecule has 0 aromatic heterocycles. The van der Waals surface area contributed by atoms with Crippen molar-refractivity contribution in [2.24, 2.45) is 0 Å². The molecule has 0 aliphatic carbocycles. The number of alkyl halides is 1.